The number of benzene rings is 1. The van der Waals surface area contributed by atoms with Crippen molar-refractivity contribution in [3.8, 4) is 0 Å². The molecule has 0 aromatic heterocycles. The molecule has 1 aliphatic heterocycles. The Morgan fingerprint density at radius 3 is 2.55 bits per heavy atom. The van der Waals surface area contributed by atoms with Crippen LogP contribution in [0.2, 0.25) is 0 Å². The van der Waals surface area contributed by atoms with Crippen LogP contribution in [-0.4, -0.2) is 67.2 Å². The first-order valence-corrected chi connectivity index (χ1v) is 11.4. The van der Waals surface area contributed by atoms with Gasteiger partial charge in [0.25, 0.3) is 10.1 Å². The van der Waals surface area contributed by atoms with Crippen molar-refractivity contribution in [2.24, 2.45) is 0 Å². The van der Waals surface area contributed by atoms with E-state index in [0.29, 0.717) is 19.8 Å². The molecule has 1 saturated heterocycles. The molecule has 1 aromatic carbocycles. The van der Waals surface area contributed by atoms with Gasteiger partial charge in [-0.2, -0.15) is 8.42 Å². The van der Waals surface area contributed by atoms with Crippen LogP contribution >= 0.6 is 0 Å². The molecule has 1 heterocycles. The monoisotopic (exact) mass is 432 g/mol. The number of ether oxygens (including phenoxy) is 5. The third-order valence-electron chi connectivity index (χ3n) is 4.21. The van der Waals surface area contributed by atoms with Crippen LogP contribution in [0, 0.1) is 6.92 Å². The second kappa shape index (κ2) is 13.3. The second-order valence-corrected chi connectivity index (χ2v) is 8.20. The molecule has 1 fully saturated rings. The van der Waals surface area contributed by atoms with Crippen LogP contribution in [0.15, 0.2) is 29.2 Å². The summed E-state index contributed by atoms with van der Waals surface area (Å²) in [6, 6.07) is 6.48. The Hall–Kier alpha value is -1.07. The lowest BCUT2D eigenvalue weighted by Crippen LogP contribution is -2.28. The van der Waals surface area contributed by atoms with Gasteiger partial charge in [0.05, 0.1) is 37.9 Å². The van der Waals surface area contributed by atoms with Gasteiger partial charge in [0, 0.05) is 13.2 Å². The van der Waals surface area contributed by atoms with Crippen molar-refractivity contribution in [3.63, 3.8) is 0 Å². The Balaban J connectivity index is 1.60. The fraction of sp³-hybridized carbons (Fsp3) is 0.700. The summed E-state index contributed by atoms with van der Waals surface area (Å²) in [5, 5.41) is 0. The number of hydrogen-bond acceptors (Lipinski definition) is 8. The zero-order chi connectivity index (χ0) is 21.0. The topological polar surface area (TPSA) is 89.5 Å². The minimum atomic E-state index is -3.80. The van der Waals surface area contributed by atoms with E-state index in [-0.39, 0.29) is 31.0 Å². The summed E-state index contributed by atoms with van der Waals surface area (Å²) < 4.78 is 56.9. The fourth-order valence-corrected chi connectivity index (χ4v) is 3.58. The zero-order valence-electron chi connectivity index (χ0n) is 17.2. The van der Waals surface area contributed by atoms with Gasteiger partial charge in [0.2, 0.25) is 0 Å². The van der Waals surface area contributed by atoms with Crippen LogP contribution in [0.4, 0.5) is 0 Å². The minimum Gasteiger partial charge on any atom is -0.374 e. The highest BCUT2D eigenvalue weighted by Gasteiger charge is 2.16. The molecule has 0 radical (unpaired) electrons. The molecule has 29 heavy (non-hydrogen) atoms. The van der Waals surface area contributed by atoms with Gasteiger partial charge in [-0.05, 0) is 45.2 Å². The van der Waals surface area contributed by atoms with Crippen molar-refractivity contribution < 1.29 is 36.3 Å². The summed E-state index contributed by atoms with van der Waals surface area (Å²) in [7, 11) is -3.80. The largest absolute Gasteiger partial charge is 0.374 e. The lowest BCUT2D eigenvalue weighted by molar-refractivity contribution is -0.189. The first kappa shape index (κ1) is 24.2. The van der Waals surface area contributed by atoms with Gasteiger partial charge in [-0.15, -0.1) is 0 Å². The van der Waals surface area contributed by atoms with E-state index in [1.165, 1.54) is 12.1 Å². The molecular weight excluding hydrogens is 400 g/mol. The smallest absolute Gasteiger partial charge is 0.297 e. The molecule has 0 aliphatic carbocycles. The molecule has 1 aromatic rings. The number of rotatable bonds is 14. The molecule has 9 heteroatoms. The molecule has 0 saturated carbocycles. The average molecular weight is 433 g/mol. The van der Waals surface area contributed by atoms with Crippen molar-refractivity contribution in [2.75, 3.05) is 46.2 Å². The van der Waals surface area contributed by atoms with Crippen LogP contribution in [-0.2, 0) is 38.0 Å². The molecule has 2 unspecified atom stereocenters. The van der Waals surface area contributed by atoms with Crippen molar-refractivity contribution in [1.82, 2.24) is 0 Å². The predicted molar refractivity (Wildman–Crippen MR) is 106 cm³/mol. The van der Waals surface area contributed by atoms with E-state index < -0.39 is 16.4 Å². The summed E-state index contributed by atoms with van der Waals surface area (Å²) in [5.74, 6) is 0. The second-order valence-electron chi connectivity index (χ2n) is 6.59. The van der Waals surface area contributed by atoms with E-state index in [1.54, 1.807) is 12.1 Å². The highest BCUT2D eigenvalue weighted by atomic mass is 32.2. The van der Waals surface area contributed by atoms with E-state index in [9.17, 15) is 8.42 Å². The Morgan fingerprint density at radius 2 is 1.86 bits per heavy atom. The van der Waals surface area contributed by atoms with E-state index in [2.05, 4.69) is 0 Å². The zero-order valence-corrected chi connectivity index (χ0v) is 18.0. The van der Waals surface area contributed by atoms with Crippen molar-refractivity contribution in [2.45, 2.75) is 50.6 Å². The Kier molecular flexibility index (Phi) is 11.1. The summed E-state index contributed by atoms with van der Waals surface area (Å²) in [5.41, 5.74) is 0.975. The molecule has 8 nitrogen and oxygen atoms in total. The van der Waals surface area contributed by atoms with E-state index in [0.717, 1.165) is 31.4 Å². The van der Waals surface area contributed by atoms with Crippen molar-refractivity contribution in [3.05, 3.63) is 29.8 Å². The highest BCUT2D eigenvalue weighted by Crippen LogP contribution is 2.14. The maximum atomic E-state index is 12.1. The maximum Gasteiger partial charge on any atom is 0.297 e. The average Bonchev–Trinajstić information content (AvgIpc) is 2.72. The van der Waals surface area contributed by atoms with E-state index >= 15 is 0 Å². The summed E-state index contributed by atoms with van der Waals surface area (Å²) in [6.07, 6.45) is 2.37. The van der Waals surface area contributed by atoms with Crippen LogP contribution in [0.5, 0.6) is 0 Å². The molecule has 0 bridgehead atoms. The third kappa shape index (κ3) is 9.52. The van der Waals surface area contributed by atoms with Crippen LogP contribution in [0.25, 0.3) is 0 Å². The molecule has 166 valence electrons. The first-order valence-electron chi connectivity index (χ1n) is 10.0. The van der Waals surface area contributed by atoms with Gasteiger partial charge in [-0.3, -0.25) is 4.18 Å². The molecule has 0 spiro atoms. The molecular formula is C20H32O8S. The van der Waals surface area contributed by atoms with Gasteiger partial charge in [0.15, 0.2) is 12.6 Å². The van der Waals surface area contributed by atoms with E-state index in [1.807, 2.05) is 13.8 Å². The molecule has 0 amide bonds. The predicted octanol–water partition coefficient (Wildman–Crippen LogP) is 2.64. The standard InChI is InChI=1S/C20H32O8S/c1-3-24-20(16-23-12-13-26-19-6-4-5-11-25-19)27-14-15-28-29(21,22)18-9-7-17(2)8-10-18/h7-10,19-20H,3-6,11-16H2,1-2H3. The lowest BCUT2D eigenvalue weighted by atomic mass is 10.2. The fourth-order valence-electron chi connectivity index (χ4n) is 2.69. The van der Waals surface area contributed by atoms with Gasteiger partial charge in [-0.1, -0.05) is 17.7 Å². The Morgan fingerprint density at radius 1 is 1.07 bits per heavy atom. The van der Waals surface area contributed by atoms with Gasteiger partial charge < -0.3 is 23.7 Å². The van der Waals surface area contributed by atoms with E-state index in [4.69, 9.17) is 27.9 Å². The van der Waals surface area contributed by atoms with Gasteiger partial charge >= 0.3 is 0 Å². The summed E-state index contributed by atoms with van der Waals surface area (Å²) in [6.45, 7) is 5.92. The molecule has 2 atom stereocenters. The number of aryl methyl sites for hydroxylation is 1. The SMILES string of the molecule is CCOC(COCCOC1CCCCO1)OCCOS(=O)(=O)c1ccc(C)cc1. The summed E-state index contributed by atoms with van der Waals surface area (Å²) in [4.78, 5) is 0.120. The highest BCUT2D eigenvalue weighted by molar-refractivity contribution is 7.86. The molecule has 0 N–H and O–H groups in total. The molecule has 1 aliphatic rings. The Bertz CT molecular complexity index is 656. The van der Waals surface area contributed by atoms with Crippen LogP contribution in [0.3, 0.4) is 0 Å². The lowest BCUT2D eigenvalue weighted by Gasteiger charge is -2.23. The number of hydrogen-bond donors (Lipinski definition) is 0. The van der Waals surface area contributed by atoms with Gasteiger partial charge in [-0.25, -0.2) is 0 Å². The third-order valence-corrected chi connectivity index (χ3v) is 5.54. The molecule has 2 rings (SSSR count). The minimum absolute atomic E-state index is 0.0610. The Labute approximate surface area is 173 Å². The van der Waals surface area contributed by atoms with Crippen LogP contribution < -0.4 is 0 Å². The maximum absolute atomic E-state index is 12.1. The van der Waals surface area contributed by atoms with Crippen molar-refractivity contribution in [1.29, 1.82) is 0 Å². The van der Waals surface area contributed by atoms with Crippen molar-refractivity contribution >= 4 is 10.1 Å². The first-order chi connectivity index (χ1) is 14.0. The normalized spacial score (nSPS) is 18.6. The quantitative estimate of drug-likeness (QED) is 0.252. The summed E-state index contributed by atoms with van der Waals surface area (Å²) >= 11 is 0. The van der Waals surface area contributed by atoms with Crippen LogP contribution in [0.1, 0.15) is 31.7 Å². The van der Waals surface area contributed by atoms with Gasteiger partial charge in [0.1, 0.15) is 0 Å².